The van der Waals surface area contributed by atoms with Crippen molar-refractivity contribution in [2.45, 2.75) is 23.5 Å². The lowest BCUT2D eigenvalue weighted by molar-refractivity contribution is 0.599. The lowest BCUT2D eigenvalue weighted by atomic mass is 10.2. The molecule has 1 aromatic heterocycles. The van der Waals surface area contributed by atoms with E-state index in [1.807, 2.05) is 0 Å². The van der Waals surface area contributed by atoms with Gasteiger partial charge in [0.15, 0.2) is 5.16 Å². The first-order valence-electron chi connectivity index (χ1n) is 5.33. The van der Waals surface area contributed by atoms with E-state index >= 15 is 0 Å². The number of hydrogen-bond acceptors (Lipinski definition) is 4. The summed E-state index contributed by atoms with van der Waals surface area (Å²) in [6.07, 6.45) is 0. The maximum atomic E-state index is 13.7. The van der Waals surface area contributed by atoms with E-state index in [2.05, 4.69) is 9.97 Å². The van der Waals surface area contributed by atoms with Gasteiger partial charge >= 0.3 is 0 Å². The Morgan fingerprint density at radius 2 is 2.22 bits per heavy atom. The molecule has 6 heteroatoms. The monoisotopic (exact) mass is 265 g/mol. The molecule has 0 fully saturated rings. The van der Waals surface area contributed by atoms with Gasteiger partial charge in [-0.2, -0.15) is 0 Å². The SMILES string of the molecule is Cc1cc(=O)[nH]c(Sc2ccc(CN)cc2F)n1. The van der Waals surface area contributed by atoms with Crippen molar-refractivity contribution < 1.29 is 4.39 Å². The lowest BCUT2D eigenvalue weighted by Crippen LogP contribution is -2.08. The molecule has 0 bridgehead atoms. The Morgan fingerprint density at radius 3 is 2.83 bits per heavy atom. The first-order valence-corrected chi connectivity index (χ1v) is 6.14. The van der Waals surface area contributed by atoms with Crippen molar-refractivity contribution in [3.05, 3.63) is 51.7 Å². The van der Waals surface area contributed by atoms with Gasteiger partial charge in [0.25, 0.3) is 5.56 Å². The second-order valence-electron chi connectivity index (χ2n) is 3.76. The van der Waals surface area contributed by atoms with Crippen LogP contribution in [0.15, 0.2) is 39.1 Å². The van der Waals surface area contributed by atoms with Crippen LogP contribution in [-0.2, 0) is 6.54 Å². The Balaban J connectivity index is 2.31. The number of aromatic amines is 1. The number of benzene rings is 1. The zero-order chi connectivity index (χ0) is 13.1. The van der Waals surface area contributed by atoms with Crippen molar-refractivity contribution in [1.29, 1.82) is 0 Å². The van der Waals surface area contributed by atoms with Crippen LogP contribution in [0.4, 0.5) is 4.39 Å². The first kappa shape index (κ1) is 12.8. The Kier molecular flexibility index (Phi) is 3.78. The van der Waals surface area contributed by atoms with Crippen molar-refractivity contribution in [3.63, 3.8) is 0 Å². The van der Waals surface area contributed by atoms with Crippen LogP contribution in [0.1, 0.15) is 11.3 Å². The summed E-state index contributed by atoms with van der Waals surface area (Å²) in [6, 6.07) is 6.15. The van der Waals surface area contributed by atoms with Gasteiger partial charge in [-0.05, 0) is 36.4 Å². The zero-order valence-electron chi connectivity index (χ0n) is 9.74. The fourth-order valence-electron chi connectivity index (χ4n) is 1.46. The van der Waals surface area contributed by atoms with Gasteiger partial charge in [-0.25, -0.2) is 9.37 Å². The summed E-state index contributed by atoms with van der Waals surface area (Å²) in [5.74, 6) is -0.368. The topological polar surface area (TPSA) is 71.8 Å². The second kappa shape index (κ2) is 5.32. The fourth-order valence-corrected chi connectivity index (χ4v) is 2.30. The highest BCUT2D eigenvalue weighted by molar-refractivity contribution is 7.99. The number of halogens is 1. The predicted molar refractivity (Wildman–Crippen MR) is 68.0 cm³/mol. The molecule has 2 rings (SSSR count). The summed E-state index contributed by atoms with van der Waals surface area (Å²) in [5.41, 5.74) is 6.50. The number of H-pyrrole nitrogens is 1. The molecule has 18 heavy (non-hydrogen) atoms. The number of aryl methyl sites for hydroxylation is 1. The van der Waals surface area contributed by atoms with E-state index in [1.165, 1.54) is 12.1 Å². The summed E-state index contributed by atoms with van der Waals surface area (Å²) in [6.45, 7) is 2.01. The molecular weight excluding hydrogens is 253 g/mol. The molecular formula is C12H12FN3OS. The molecule has 1 aromatic carbocycles. The van der Waals surface area contributed by atoms with E-state index in [1.54, 1.807) is 19.1 Å². The zero-order valence-corrected chi connectivity index (χ0v) is 10.6. The van der Waals surface area contributed by atoms with Crippen LogP contribution in [0.25, 0.3) is 0 Å². The van der Waals surface area contributed by atoms with Crippen LogP contribution in [0.5, 0.6) is 0 Å². The maximum Gasteiger partial charge on any atom is 0.251 e. The molecule has 0 spiro atoms. The van der Waals surface area contributed by atoms with Gasteiger partial charge in [-0.1, -0.05) is 6.07 Å². The van der Waals surface area contributed by atoms with E-state index in [0.29, 0.717) is 22.3 Å². The van der Waals surface area contributed by atoms with Crippen LogP contribution in [0, 0.1) is 12.7 Å². The molecule has 0 atom stereocenters. The van der Waals surface area contributed by atoms with Crippen LogP contribution in [0.2, 0.25) is 0 Å². The van der Waals surface area contributed by atoms with Gasteiger partial charge < -0.3 is 10.7 Å². The van der Waals surface area contributed by atoms with Gasteiger partial charge in [0.1, 0.15) is 5.82 Å². The lowest BCUT2D eigenvalue weighted by Gasteiger charge is -2.04. The maximum absolute atomic E-state index is 13.7. The molecule has 0 radical (unpaired) electrons. The van der Waals surface area contributed by atoms with E-state index in [0.717, 1.165) is 17.3 Å². The Bertz CT molecular complexity index is 627. The third-order valence-corrected chi connectivity index (χ3v) is 3.22. The van der Waals surface area contributed by atoms with Gasteiger partial charge in [-0.15, -0.1) is 0 Å². The third kappa shape index (κ3) is 2.96. The standard InChI is InChI=1S/C12H12FN3OS/c1-7-4-11(17)16-12(15-7)18-10-3-2-8(6-14)5-9(10)13/h2-5H,6,14H2,1H3,(H,15,16,17). The summed E-state index contributed by atoms with van der Waals surface area (Å²) in [4.78, 5) is 18.4. The van der Waals surface area contributed by atoms with Crippen molar-refractivity contribution in [2.75, 3.05) is 0 Å². The number of rotatable bonds is 3. The van der Waals surface area contributed by atoms with Crippen LogP contribution in [-0.4, -0.2) is 9.97 Å². The largest absolute Gasteiger partial charge is 0.326 e. The molecule has 94 valence electrons. The molecule has 0 saturated heterocycles. The predicted octanol–water partition coefficient (Wildman–Crippen LogP) is 1.83. The van der Waals surface area contributed by atoms with Crippen molar-refractivity contribution >= 4 is 11.8 Å². The average Bonchev–Trinajstić information content (AvgIpc) is 2.30. The van der Waals surface area contributed by atoms with Crippen LogP contribution >= 0.6 is 11.8 Å². The van der Waals surface area contributed by atoms with Crippen molar-refractivity contribution in [3.8, 4) is 0 Å². The first-order chi connectivity index (χ1) is 8.58. The minimum Gasteiger partial charge on any atom is -0.326 e. The molecule has 0 aliphatic heterocycles. The average molecular weight is 265 g/mol. The van der Waals surface area contributed by atoms with Crippen LogP contribution < -0.4 is 11.3 Å². The molecule has 0 aliphatic carbocycles. The number of hydrogen-bond donors (Lipinski definition) is 2. The summed E-state index contributed by atoms with van der Waals surface area (Å²) in [5, 5.41) is 0.374. The van der Waals surface area contributed by atoms with Crippen LogP contribution in [0.3, 0.4) is 0 Å². The number of nitrogens with one attached hydrogen (secondary N) is 1. The van der Waals surface area contributed by atoms with E-state index in [4.69, 9.17) is 5.73 Å². The molecule has 2 aromatic rings. The molecule has 0 unspecified atom stereocenters. The minimum atomic E-state index is -0.368. The highest BCUT2D eigenvalue weighted by atomic mass is 32.2. The van der Waals surface area contributed by atoms with Crippen molar-refractivity contribution in [1.82, 2.24) is 9.97 Å². The highest BCUT2D eigenvalue weighted by Gasteiger charge is 2.07. The summed E-state index contributed by atoms with van der Waals surface area (Å²) < 4.78 is 13.7. The van der Waals surface area contributed by atoms with E-state index in [9.17, 15) is 9.18 Å². The number of aromatic nitrogens is 2. The number of nitrogens with zero attached hydrogens (tertiary/aromatic N) is 1. The Morgan fingerprint density at radius 1 is 1.44 bits per heavy atom. The number of nitrogens with two attached hydrogens (primary N) is 1. The fraction of sp³-hybridized carbons (Fsp3) is 0.167. The smallest absolute Gasteiger partial charge is 0.251 e. The Labute approximate surface area is 107 Å². The van der Waals surface area contributed by atoms with E-state index in [-0.39, 0.29) is 11.4 Å². The molecule has 0 saturated carbocycles. The van der Waals surface area contributed by atoms with Gasteiger partial charge in [0.2, 0.25) is 0 Å². The minimum absolute atomic E-state index is 0.246. The molecule has 3 N–H and O–H groups in total. The van der Waals surface area contributed by atoms with Crippen molar-refractivity contribution in [2.24, 2.45) is 5.73 Å². The molecule has 4 nitrogen and oxygen atoms in total. The van der Waals surface area contributed by atoms with Gasteiger partial charge in [0.05, 0.1) is 4.90 Å². The quantitative estimate of drug-likeness (QED) is 0.830. The highest BCUT2D eigenvalue weighted by Crippen LogP contribution is 2.27. The van der Waals surface area contributed by atoms with E-state index < -0.39 is 0 Å². The summed E-state index contributed by atoms with van der Waals surface area (Å²) >= 11 is 1.08. The normalized spacial score (nSPS) is 10.6. The molecule has 1 heterocycles. The van der Waals surface area contributed by atoms with Gasteiger partial charge in [-0.3, -0.25) is 4.79 Å². The summed E-state index contributed by atoms with van der Waals surface area (Å²) in [7, 11) is 0. The molecule has 0 amide bonds. The second-order valence-corrected chi connectivity index (χ2v) is 4.79. The molecule has 0 aliphatic rings. The Hall–Kier alpha value is -1.66. The third-order valence-electron chi connectivity index (χ3n) is 2.29. The van der Waals surface area contributed by atoms with Gasteiger partial charge in [0, 0.05) is 18.3 Å².